The van der Waals surface area contributed by atoms with Crippen LogP contribution < -0.4 is 0 Å². The van der Waals surface area contributed by atoms with Gasteiger partial charge in [0.1, 0.15) is 0 Å². The molecular weight excluding hydrogens is 220 g/mol. The zero-order valence-electron chi connectivity index (χ0n) is 12.7. The molecule has 2 unspecified atom stereocenters. The van der Waals surface area contributed by atoms with Gasteiger partial charge in [-0.05, 0) is 25.0 Å². The molecule has 2 aromatic carbocycles. The van der Waals surface area contributed by atoms with E-state index in [2.05, 4.69) is 10.2 Å². The molecule has 18 heavy (non-hydrogen) atoms. The molecule has 0 aromatic heterocycles. The van der Waals surface area contributed by atoms with E-state index < -0.39 is 12.0 Å². The highest BCUT2D eigenvalue weighted by Crippen LogP contribution is 2.21. The molecule has 92 valence electrons. The fourth-order valence-corrected chi connectivity index (χ4v) is 1.62. The summed E-state index contributed by atoms with van der Waals surface area (Å²) in [5.74, 6) is 0. The largest absolute Gasteiger partial charge is 0.186 e. The predicted octanol–water partition coefficient (Wildman–Crippen LogP) is 4.96. The van der Waals surface area contributed by atoms with Gasteiger partial charge in [-0.15, -0.1) is 0 Å². The van der Waals surface area contributed by atoms with Crippen molar-refractivity contribution >= 4 is 0 Å². The molecule has 0 saturated carbocycles. The maximum Gasteiger partial charge on any atom is 0.0929 e. The molecule has 0 aliphatic heterocycles. The molecule has 0 aliphatic rings. The molecule has 2 heteroatoms. The highest BCUT2D eigenvalue weighted by Gasteiger charge is 2.05. The van der Waals surface area contributed by atoms with Crippen LogP contribution in [-0.2, 0) is 0 Å². The molecule has 0 saturated heterocycles. The summed E-state index contributed by atoms with van der Waals surface area (Å²) in [6.07, 6.45) is 0. The molecule has 2 atom stereocenters. The summed E-state index contributed by atoms with van der Waals surface area (Å²) in [7, 11) is 0. The molecule has 0 aliphatic carbocycles. The molecule has 0 bridgehead atoms. The van der Waals surface area contributed by atoms with Crippen LogP contribution in [0.3, 0.4) is 0 Å². The number of hydrogen-bond acceptors (Lipinski definition) is 2. The number of benzene rings is 2. The van der Waals surface area contributed by atoms with E-state index in [1.165, 1.54) is 0 Å². The molecule has 0 radical (unpaired) electrons. The molecule has 0 spiro atoms. The van der Waals surface area contributed by atoms with Gasteiger partial charge in [-0.3, -0.25) is 0 Å². The molecule has 2 nitrogen and oxygen atoms in total. The summed E-state index contributed by atoms with van der Waals surface area (Å²) in [6.45, 7) is 3.35. The van der Waals surface area contributed by atoms with Gasteiger partial charge in [-0.1, -0.05) is 60.7 Å². The number of rotatable bonds is 4. The first kappa shape index (κ1) is 10.0. The first-order chi connectivity index (χ1) is 9.42. The molecule has 2 aromatic rings. The van der Waals surface area contributed by atoms with Crippen LogP contribution in [0.15, 0.2) is 70.9 Å². The van der Waals surface area contributed by atoms with Gasteiger partial charge in [-0.25, -0.2) is 0 Å². The minimum Gasteiger partial charge on any atom is -0.186 e. The van der Waals surface area contributed by atoms with Crippen LogP contribution >= 0.6 is 0 Å². The maximum absolute atomic E-state index is 8.27. The van der Waals surface area contributed by atoms with Gasteiger partial charge in [0, 0.05) is 0 Å². The second-order valence-electron chi connectivity index (χ2n) is 4.10. The van der Waals surface area contributed by atoms with E-state index in [9.17, 15) is 0 Å². The predicted molar refractivity (Wildman–Crippen MR) is 74.6 cm³/mol. The highest BCUT2D eigenvalue weighted by molar-refractivity contribution is 5.19. The van der Waals surface area contributed by atoms with Gasteiger partial charge >= 0.3 is 0 Å². The van der Waals surface area contributed by atoms with Crippen LogP contribution in [0.1, 0.15) is 39.8 Å². The van der Waals surface area contributed by atoms with Crippen molar-refractivity contribution in [2.45, 2.75) is 25.9 Å². The zero-order valence-corrected chi connectivity index (χ0v) is 10.7. The summed E-state index contributed by atoms with van der Waals surface area (Å²) in [6, 6.07) is 16.3. The lowest BCUT2D eigenvalue weighted by Crippen LogP contribution is -1.91. The van der Waals surface area contributed by atoms with Crippen molar-refractivity contribution in [2.75, 3.05) is 0 Å². The lowest BCUT2D eigenvalue weighted by Gasteiger charge is -2.08. The Morgan fingerprint density at radius 2 is 1.06 bits per heavy atom. The van der Waals surface area contributed by atoms with Gasteiger partial charge in [0.25, 0.3) is 0 Å². The van der Waals surface area contributed by atoms with E-state index in [-0.39, 0.29) is 0 Å². The molecule has 2 rings (SSSR count). The van der Waals surface area contributed by atoms with Gasteiger partial charge in [0.15, 0.2) is 0 Å². The molecule has 0 fully saturated rings. The molecule has 0 N–H and O–H groups in total. The fraction of sp³-hybridized carbons (Fsp3) is 0.250. The SMILES string of the molecule is [2H]C(C)(N=NC([2H])(C)c1ccccc1)c1ccccc1. The third-order valence-corrected chi connectivity index (χ3v) is 2.73. The minimum atomic E-state index is -1.18. The first-order valence-electron chi connectivity index (χ1n) is 6.97. The van der Waals surface area contributed by atoms with Crippen molar-refractivity contribution in [1.82, 2.24) is 0 Å². The Morgan fingerprint density at radius 1 is 0.722 bits per heavy atom. The summed E-state index contributed by atoms with van der Waals surface area (Å²) in [4.78, 5) is 0. The zero-order chi connectivity index (χ0) is 14.6. The third kappa shape index (κ3) is 3.27. The summed E-state index contributed by atoms with van der Waals surface area (Å²) in [5, 5.41) is 8.16. The lowest BCUT2D eigenvalue weighted by molar-refractivity contribution is 0.661. The Labute approximate surface area is 111 Å². The van der Waals surface area contributed by atoms with Crippen LogP contribution in [-0.4, -0.2) is 0 Å². The van der Waals surface area contributed by atoms with Crippen molar-refractivity contribution < 1.29 is 2.74 Å². The Hall–Kier alpha value is -1.96. The molecular formula is C16H18N2. The second kappa shape index (κ2) is 6.10. The van der Waals surface area contributed by atoms with E-state index in [1.807, 2.05) is 60.7 Å². The highest BCUT2D eigenvalue weighted by atomic mass is 15.1. The Morgan fingerprint density at radius 3 is 1.39 bits per heavy atom. The smallest absolute Gasteiger partial charge is 0.0929 e. The summed E-state index contributed by atoms with van der Waals surface area (Å²) < 4.78 is 16.5. The van der Waals surface area contributed by atoms with E-state index in [1.54, 1.807) is 13.8 Å². The van der Waals surface area contributed by atoms with Crippen LogP contribution in [0.2, 0.25) is 0 Å². The Balaban J connectivity index is 2.24. The van der Waals surface area contributed by atoms with Crippen molar-refractivity contribution in [2.24, 2.45) is 10.2 Å². The van der Waals surface area contributed by atoms with E-state index in [0.29, 0.717) is 0 Å². The third-order valence-electron chi connectivity index (χ3n) is 2.73. The first-order valence-corrected chi connectivity index (χ1v) is 5.97. The lowest BCUT2D eigenvalue weighted by atomic mass is 10.1. The quantitative estimate of drug-likeness (QED) is 0.675. The summed E-state index contributed by atoms with van der Waals surface area (Å²) in [5.41, 5.74) is 1.51. The topological polar surface area (TPSA) is 24.7 Å². The maximum atomic E-state index is 8.27. The van der Waals surface area contributed by atoms with Crippen LogP contribution in [0.25, 0.3) is 0 Å². The molecule has 0 amide bonds. The van der Waals surface area contributed by atoms with Gasteiger partial charge in [0.2, 0.25) is 0 Å². The average Bonchev–Trinajstić information content (AvgIpc) is 2.47. The van der Waals surface area contributed by atoms with E-state index >= 15 is 0 Å². The monoisotopic (exact) mass is 240 g/mol. The average molecular weight is 240 g/mol. The van der Waals surface area contributed by atoms with Gasteiger partial charge in [-0.2, -0.15) is 10.2 Å². The van der Waals surface area contributed by atoms with Crippen molar-refractivity contribution in [3.63, 3.8) is 0 Å². The van der Waals surface area contributed by atoms with Crippen molar-refractivity contribution in [3.05, 3.63) is 71.8 Å². The van der Waals surface area contributed by atoms with E-state index in [0.717, 1.165) is 11.1 Å². The fourth-order valence-electron chi connectivity index (χ4n) is 1.62. The van der Waals surface area contributed by atoms with Crippen LogP contribution in [0.5, 0.6) is 0 Å². The van der Waals surface area contributed by atoms with Gasteiger partial charge < -0.3 is 0 Å². The number of azo groups is 1. The number of nitrogens with zero attached hydrogens (tertiary/aromatic N) is 2. The van der Waals surface area contributed by atoms with E-state index in [4.69, 9.17) is 2.74 Å². The van der Waals surface area contributed by atoms with Crippen molar-refractivity contribution in [1.29, 1.82) is 0 Å². The Kier molecular flexibility index (Phi) is 3.39. The van der Waals surface area contributed by atoms with Crippen LogP contribution in [0.4, 0.5) is 0 Å². The second-order valence-corrected chi connectivity index (χ2v) is 4.10. The minimum absolute atomic E-state index is 0.757. The summed E-state index contributed by atoms with van der Waals surface area (Å²) >= 11 is 0. The van der Waals surface area contributed by atoms with Crippen molar-refractivity contribution in [3.8, 4) is 0 Å². The van der Waals surface area contributed by atoms with Gasteiger partial charge in [0.05, 0.1) is 14.8 Å². The number of hydrogen-bond donors (Lipinski definition) is 0. The standard InChI is InChI=1S/C16H18N2/c1-13(15-9-5-3-6-10-15)17-18-14(2)16-11-7-4-8-12-16/h3-14H,1-2H3/i13D,14D. The normalized spacial score (nSPS) is 19.7. The molecule has 0 heterocycles. The van der Waals surface area contributed by atoms with Crippen LogP contribution in [0, 0.1) is 0 Å². The Bertz CT molecular complexity index is 524.